The number of nitrogens with one attached hydrogen (secondary N) is 4. The van der Waals surface area contributed by atoms with Crippen molar-refractivity contribution in [1.82, 2.24) is 25.8 Å². The highest BCUT2D eigenvalue weighted by atomic mass is 16.2. The van der Waals surface area contributed by atoms with Gasteiger partial charge in [0.25, 0.3) is 5.91 Å². The topological polar surface area (TPSA) is 157 Å². The van der Waals surface area contributed by atoms with E-state index in [1.807, 2.05) is 27.7 Å². The molecule has 12 heteroatoms. The number of hydrogen-bond donors (Lipinski definition) is 4. The summed E-state index contributed by atoms with van der Waals surface area (Å²) in [5.74, 6) is -3.38. The van der Waals surface area contributed by atoms with Gasteiger partial charge in [0.2, 0.25) is 29.5 Å². The number of benzene rings is 1. The third-order valence-electron chi connectivity index (χ3n) is 9.25. The van der Waals surface area contributed by atoms with Crippen LogP contribution in [0.2, 0.25) is 0 Å². The molecular weight excluding hydrogens is 600 g/mol. The summed E-state index contributed by atoms with van der Waals surface area (Å²) < 4.78 is 0. The van der Waals surface area contributed by atoms with Crippen LogP contribution >= 0.6 is 0 Å². The van der Waals surface area contributed by atoms with Crippen LogP contribution in [-0.4, -0.2) is 88.5 Å². The number of fused-ring (bicyclic) bond motifs is 2. The Kier molecular flexibility index (Phi) is 13.4. The predicted octanol–water partition coefficient (Wildman–Crippen LogP) is 3.07. The zero-order valence-corrected chi connectivity index (χ0v) is 29.2. The molecule has 2 aliphatic rings. The molecule has 6 atom stereocenters. The van der Waals surface area contributed by atoms with E-state index in [1.54, 1.807) is 49.9 Å². The van der Waals surface area contributed by atoms with Crippen LogP contribution in [0.25, 0.3) is 0 Å². The molecule has 0 spiro atoms. The third kappa shape index (κ3) is 9.10. The standard InChI is InChI=1S/C35H54N6O6/c1-9-22(7)29-33(45)37-25-16-12-11-15-24(25)34(46)41-18-14-13-17-26(41)35(47)40(10-2)27(19-20(3)4)31(43)36-23(8)30(42)38-28(21(5)6)32(44)39-29/h11-12,15-16,20-23,26-29H,9-10,13-14,17-19H2,1-8H3,(H,36,43)(H,37,45)(H,38,42)(H,39,44)/t22-,23-,26-,27-,28?,29-/m0/s1. The van der Waals surface area contributed by atoms with Crippen LogP contribution in [0.3, 0.4) is 0 Å². The Morgan fingerprint density at radius 2 is 1.47 bits per heavy atom. The van der Waals surface area contributed by atoms with Crippen molar-refractivity contribution in [2.45, 2.75) is 118 Å². The van der Waals surface area contributed by atoms with E-state index in [2.05, 4.69) is 21.3 Å². The Morgan fingerprint density at radius 1 is 0.809 bits per heavy atom. The van der Waals surface area contributed by atoms with Crippen molar-refractivity contribution in [1.29, 1.82) is 0 Å². The van der Waals surface area contributed by atoms with Gasteiger partial charge in [0.15, 0.2) is 0 Å². The lowest BCUT2D eigenvalue weighted by atomic mass is 9.95. The summed E-state index contributed by atoms with van der Waals surface area (Å²) in [6, 6.07) is 2.00. The summed E-state index contributed by atoms with van der Waals surface area (Å²) >= 11 is 0. The zero-order chi connectivity index (χ0) is 35.0. The van der Waals surface area contributed by atoms with Gasteiger partial charge < -0.3 is 31.1 Å². The Bertz CT molecular complexity index is 1310. The van der Waals surface area contributed by atoms with Crippen LogP contribution in [0.15, 0.2) is 24.3 Å². The minimum Gasteiger partial charge on any atom is -0.343 e. The van der Waals surface area contributed by atoms with Crippen molar-refractivity contribution < 1.29 is 28.8 Å². The number of carbonyl (C=O) groups excluding carboxylic acids is 6. The lowest BCUT2D eigenvalue weighted by Gasteiger charge is -2.40. The van der Waals surface area contributed by atoms with E-state index in [4.69, 9.17) is 0 Å². The molecule has 0 saturated carbocycles. The fourth-order valence-corrected chi connectivity index (χ4v) is 6.25. The maximum Gasteiger partial charge on any atom is 0.256 e. The highest BCUT2D eigenvalue weighted by Crippen LogP contribution is 2.27. The molecule has 0 radical (unpaired) electrons. The van der Waals surface area contributed by atoms with Crippen LogP contribution in [0.5, 0.6) is 0 Å². The van der Waals surface area contributed by atoms with Crippen LogP contribution in [0.4, 0.5) is 5.69 Å². The van der Waals surface area contributed by atoms with Crippen molar-refractivity contribution >= 4 is 41.1 Å². The van der Waals surface area contributed by atoms with E-state index in [1.165, 1.54) is 11.8 Å². The number of carbonyl (C=O) groups is 6. The highest BCUT2D eigenvalue weighted by molar-refractivity contribution is 6.07. The number of rotatable bonds is 6. The number of anilines is 1. The van der Waals surface area contributed by atoms with Gasteiger partial charge >= 0.3 is 0 Å². The number of para-hydroxylation sites is 1. The molecule has 1 unspecified atom stereocenters. The molecule has 1 saturated heterocycles. The number of likely N-dealkylation sites (N-methyl/N-ethyl adjacent to an activating group) is 1. The summed E-state index contributed by atoms with van der Waals surface area (Å²) in [6.07, 6.45) is 2.80. The SMILES string of the molecule is CC[C@H](C)[C@@H]1NC(=O)C(C(C)C)NC(=O)[C@H](C)NC(=O)[C@H](CC(C)C)N(CC)C(=O)[C@@H]2CCCCN2C(=O)c2ccccc2NC1=O. The van der Waals surface area contributed by atoms with Crippen molar-refractivity contribution in [3.8, 4) is 0 Å². The maximum atomic E-state index is 14.3. The number of piperidine rings is 1. The average Bonchev–Trinajstić information content (AvgIpc) is 3.04. The van der Waals surface area contributed by atoms with Gasteiger partial charge in [-0.05, 0) is 69.4 Å². The van der Waals surface area contributed by atoms with Crippen LogP contribution < -0.4 is 21.3 Å². The normalized spacial score (nSPS) is 26.3. The molecule has 260 valence electrons. The fourth-order valence-electron chi connectivity index (χ4n) is 6.25. The number of nitrogens with zero attached hydrogens (tertiary/aromatic N) is 2. The number of hydrogen-bond acceptors (Lipinski definition) is 6. The smallest absolute Gasteiger partial charge is 0.256 e. The molecule has 1 fully saturated rings. The van der Waals surface area contributed by atoms with Crippen molar-refractivity contribution in [3.05, 3.63) is 29.8 Å². The minimum absolute atomic E-state index is 0.0467. The second-order valence-corrected chi connectivity index (χ2v) is 13.6. The molecule has 47 heavy (non-hydrogen) atoms. The molecule has 0 aliphatic carbocycles. The molecule has 6 amide bonds. The van der Waals surface area contributed by atoms with Crippen LogP contribution in [-0.2, 0) is 24.0 Å². The molecule has 0 aromatic heterocycles. The highest BCUT2D eigenvalue weighted by Gasteiger charge is 2.40. The van der Waals surface area contributed by atoms with E-state index >= 15 is 0 Å². The first-order valence-electron chi connectivity index (χ1n) is 17.1. The molecule has 0 bridgehead atoms. The van der Waals surface area contributed by atoms with Gasteiger partial charge in [-0.15, -0.1) is 0 Å². The first-order valence-corrected chi connectivity index (χ1v) is 17.1. The lowest BCUT2D eigenvalue weighted by Crippen LogP contribution is -2.60. The van der Waals surface area contributed by atoms with Crippen molar-refractivity contribution in [3.63, 3.8) is 0 Å². The molecule has 12 nitrogen and oxygen atoms in total. The first kappa shape index (κ1) is 37.5. The van der Waals surface area contributed by atoms with Gasteiger partial charge in [0.1, 0.15) is 30.2 Å². The first-order chi connectivity index (χ1) is 22.2. The van der Waals surface area contributed by atoms with Gasteiger partial charge in [0.05, 0.1) is 11.3 Å². The molecule has 4 N–H and O–H groups in total. The third-order valence-corrected chi connectivity index (χ3v) is 9.25. The Morgan fingerprint density at radius 3 is 2.09 bits per heavy atom. The largest absolute Gasteiger partial charge is 0.343 e. The summed E-state index contributed by atoms with van der Waals surface area (Å²) in [4.78, 5) is 86.2. The van der Waals surface area contributed by atoms with E-state index in [0.29, 0.717) is 32.2 Å². The molecule has 1 aromatic carbocycles. The average molecular weight is 655 g/mol. The summed E-state index contributed by atoms with van der Waals surface area (Å²) in [7, 11) is 0. The van der Waals surface area contributed by atoms with Crippen molar-refractivity contribution in [2.24, 2.45) is 17.8 Å². The van der Waals surface area contributed by atoms with Crippen LogP contribution in [0, 0.1) is 17.8 Å². The van der Waals surface area contributed by atoms with Gasteiger partial charge in [-0.2, -0.15) is 0 Å². The van der Waals surface area contributed by atoms with Gasteiger partial charge in [-0.25, -0.2) is 0 Å². The van der Waals surface area contributed by atoms with E-state index in [9.17, 15) is 28.8 Å². The minimum atomic E-state index is -1.02. The second kappa shape index (κ2) is 16.7. The van der Waals surface area contributed by atoms with Crippen molar-refractivity contribution in [2.75, 3.05) is 18.4 Å². The van der Waals surface area contributed by atoms with Gasteiger partial charge in [-0.1, -0.05) is 60.1 Å². The van der Waals surface area contributed by atoms with Gasteiger partial charge in [-0.3, -0.25) is 28.8 Å². The Balaban J connectivity index is 2.16. The lowest BCUT2D eigenvalue weighted by molar-refractivity contribution is -0.146. The zero-order valence-electron chi connectivity index (χ0n) is 29.2. The Labute approximate surface area is 279 Å². The molecule has 2 aliphatic heterocycles. The maximum absolute atomic E-state index is 14.3. The molecular formula is C35H54N6O6. The molecule has 1 aromatic rings. The number of amides is 6. The monoisotopic (exact) mass is 654 g/mol. The molecule has 3 rings (SSSR count). The van der Waals surface area contributed by atoms with E-state index < -0.39 is 59.7 Å². The van der Waals surface area contributed by atoms with E-state index in [-0.39, 0.29) is 41.5 Å². The summed E-state index contributed by atoms with van der Waals surface area (Å²) in [5.41, 5.74) is 0.500. The summed E-state index contributed by atoms with van der Waals surface area (Å²) in [6.45, 7) is 15.1. The summed E-state index contributed by atoms with van der Waals surface area (Å²) in [5, 5.41) is 11.3. The quantitative estimate of drug-likeness (QED) is 0.369. The Hall–Kier alpha value is -3.96. The van der Waals surface area contributed by atoms with Gasteiger partial charge in [0, 0.05) is 13.1 Å². The van der Waals surface area contributed by atoms with E-state index in [0.717, 1.165) is 6.42 Å². The molecule has 2 heterocycles. The predicted molar refractivity (Wildman–Crippen MR) is 180 cm³/mol. The fraction of sp³-hybridized carbons (Fsp3) is 0.657. The second-order valence-electron chi connectivity index (χ2n) is 13.6. The van der Waals surface area contributed by atoms with Crippen LogP contribution in [0.1, 0.15) is 97.9 Å².